The Bertz CT molecular complexity index is 542. The van der Waals surface area contributed by atoms with Crippen molar-refractivity contribution < 1.29 is 9.53 Å². The van der Waals surface area contributed by atoms with Crippen molar-refractivity contribution in [2.45, 2.75) is 39.5 Å². The Morgan fingerprint density at radius 3 is 2.72 bits per heavy atom. The number of rotatable bonds is 0. The highest BCUT2D eigenvalue weighted by atomic mass is 16.6. The molecule has 6 nitrogen and oxygen atoms in total. The minimum atomic E-state index is -0.529. The van der Waals surface area contributed by atoms with E-state index in [2.05, 4.69) is 4.98 Å². The Morgan fingerprint density at radius 1 is 1.44 bits per heavy atom. The number of hydrogen-bond acceptors (Lipinski definition) is 4. The van der Waals surface area contributed by atoms with E-state index in [0.717, 1.165) is 11.3 Å². The molecule has 2 heterocycles. The van der Waals surface area contributed by atoms with E-state index in [1.54, 1.807) is 6.07 Å². The first-order valence-corrected chi connectivity index (χ1v) is 5.75. The Morgan fingerprint density at radius 2 is 2.11 bits per heavy atom. The summed E-state index contributed by atoms with van der Waals surface area (Å²) in [5.41, 5.74) is 6.44. The number of aromatic amines is 1. The summed E-state index contributed by atoms with van der Waals surface area (Å²) in [5, 5.41) is 0. The molecule has 2 rings (SSSR count). The number of fused-ring (bicyclic) bond motifs is 1. The van der Waals surface area contributed by atoms with Gasteiger partial charge in [-0.25, -0.2) is 4.79 Å². The van der Waals surface area contributed by atoms with Crippen LogP contribution in [0.5, 0.6) is 0 Å². The summed E-state index contributed by atoms with van der Waals surface area (Å²) in [4.78, 5) is 27.5. The normalized spacial score (nSPS) is 14.5. The van der Waals surface area contributed by atoms with Crippen LogP contribution in [0.15, 0.2) is 10.9 Å². The number of H-pyrrole nitrogens is 1. The van der Waals surface area contributed by atoms with Crippen LogP contribution in [-0.4, -0.2) is 21.6 Å². The zero-order chi connectivity index (χ0) is 13.5. The number of nitrogens with two attached hydrogens (primary N) is 1. The Kier molecular flexibility index (Phi) is 2.80. The third-order valence-corrected chi connectivity index (χ3v) is 2.61. The number of carbonyl (C=O) groups is 1. The lowest BCUT2D eigenvalue weighted by molar-refractivity contribution is 0.0240. The number of carbonyl (C=O) groups excluding carboxylic acids is 1. The number of anilines is 1. The molecule has 0 fully saturated rings. The van der Waals surface area contributed by atoms with Crippen molar-refractivity contribution in [3.8, 4) is 0 Å². The lowest BCUT2D eigenvalue weighted by atomic mass is 10.2. The quantitative estimate of drug-likeness (QED) is 0.725. The van der Waals surface area contributed by atoms with Gasteiger partial charge in [-0.1, -0.05) is 0 Å². The molecule has 1 amide bonds. The highest BCUT2D eigenvalue weighted by Gasteiger charge is 2.28. The number of pyridine rings is 1. The molecular formula is C12H17N3O3. The molecule has 0 spiro atoms. The molecule has 1 aromatic heterocycles. The minimum absolute atomic E-state index is 0.166. The summed E-state index contributed by atoms with van der Waals surface area (Å²) in [6, 6.07) is 1.61. The molecule has 0 bridgehead atoms. The Labute approximate surface area is 105 Å². The second-order valence-electron chi connectivity index (χ2n) is 5.39. The maximum atomic E-state index is 11.9. The van der Waals surface area contributed by atoms with Gasteiger partial charge in [-0.3, -0.25) is 9.69 Å². The first kappa shape index (κ1) is 12.5. The monoisotopic (exact) mass is 251 g/mol. The van der Waals surface area contributed by atoms with E-state index in [0.29, 0.717) is 13.1 Å². The minimum Gasteiger partial charge on any atom is -0.444 e. The van der Waals surface area contributed by atoms with Crippen molar-refractivity contribution in [3.63, 3.8) is 0 Å². The van der Waals surface area contributed by atoms with Crippen molar-refractivity contribution in [3.05, 3.63) is 27.7 Å². The van der Waals surface area contributed by atoms with Gasteiger partial charge in [0, 0.05) is 5.69 Å². The number of amides is 1. The molecule has 3 N–H and O–H groups in total. The van der Waals surface area contributed by atoms with Crippen LogP contribution in [0.25, 0.3) is 0 Å². The van der Waals surface area contributed by atoms with Gasteiger partial charge in [-0.15, -0.1) is 0 Å². The van der Waals surface area contributed by atoms with Crippen molar-refractivity contribution in [1.29, 1.82) is 0 Å². The summed E-state index contributed by atoms with van der Waals surface area (Å²) in [6.45, 7) is 6.20. The van der Waals surface area contributed by atoms with Gasteiger partial charge in [0.2, 0.25) is 0 Å². The van der Waals surface area contributed by atoms with Gasteiger partial charge in [-0.2, -0.15) is 0 Å². The number of aromatic nitrogens is 1. The van der Waals surface area contributed by atoms with E-state index in [9.17, 15) is 9.59 Å². The fourth-order valence-corrected chi connectivity index (χ4v) is 1.82. The SMILES string of the molecule is CC(C)(C)OC(=O)N1Cc2cc(N)c(=O)[nH]c2C1. The van der Waals surface area contributed by atoms with Gasteiger partial charge in [0.05, 0.1) is 18.8 Å². The third kappa shape index (κ3) is 2.47. The van der Waals surface area contributed by atoms with Crippen LogP contribution in [0, 0.1) is 0 Å². The van der Waals surface area contributed by atoms with E-state index in [-0.39, 0.29) is 11.2 Å². The van der Waals surface area contributed by atoms with Gasteiger partial charge in [0.15, 0.2) is 0 Å². The second-order valence-corrected chi connectivity index (χ2v) is 5.39. The van der Waals surface area contributed by atoms with Gasteiger partial charge in [-0.05, 0) is 32.4 Å². The topological polar surface area (TPSA) is 88.4 Å². The highest BCUT2D eigenvalue weighted by Crippen LogP contribution is 2.23. The number of ether oxygens (including phenoxy) is 1. The predicted octanol–water partition coefficient (Wildman–Crippen LogP) is 1.21. The van der Waals surface area contributed by atoms with Crippen LogP contribution in [-0.2, 0) is 17.8 Å². The molecule has 1 aliphatic rings. The third-order valence-electron chi connectivity index (χ3n) is 2.61. The van der Waals surface area contributed by atoms with Crippen LogP contribution in [0.4, 0.5) is 10.5 Å². The molecule has 0 saturated carbocycles. The number of nitrogen functional groups attached to an aromatic ring is 1. The van der Waals surface area contributed by atoms with Crippen molar-refractivity contribution in [2.24, 2.45) is 0 Å². The van der Waals surface area contributed by atoms with E-state index in [1.165, 1.54) is 4.90 Å². The summed E-state index contributed by atoms with van der Waals surface area (Å²) >= 11 is 0. The molecule has 0 radical (unpaired) electrons. The molecule has 0 unspecified atom stereocenters. The van der Waals surface area contributed by atoms with E-state index in [4.69, 9.17) is 10.5 Å². The zero-order valence-corrected chi connectivity index (χ0v) is 10.7. The predicted molar refractivity (Wildman–Crippen MR) is 67.0 cm³/mol. The fourth-order valence-electron chi connectivity index (χ4n) is 1.82. The van der Waals surface area contributed by atoms with Crippen LogP contribution < -0.4 is 11.3 Å². The summed E-state index contributed by atoms with van der Waals surface area (Å²) < 4.78 is 5.28. The standard InChI is InChI=1S/C12H17N3O3/c1-12(2,3)18-11(17)15-5-7-4-8(13)10(16)14-9(7)6-15/h4H,5-6,13H2,1-3H3,(H,14,16). The van der Waals surface area contributed by atoms with E-state index >= 15 is 0 Å². The Hall–Kier alpha value is -1.98. The van der Waals surface area contributed by atoms with Crippen LogP contribution in [0.3, 0.4) is 0 Å². The first-order chi connectivity index (χ1) is 8.26. The molecule has 0 atom stereocenters. The lowest BCUT2D eigenvalue weighted by Crippen LogP contribution is -2.33. The lowest BCUT2D eigenvalue weighted by Gasteiger charge is -2.23. The number of nitrogens with one attached hydrogen (secondary N) is 1. The first-order valence-electron chi connectivity index (χ1n) is 5.75. The molecule has 0 aromatic carbocycles. The van der Waals surface area contributed by atoms with Crippen LogP contribution in [0.2, 0.25) is 0 Å². The maximum absolute atomic E-state index is 11.9. The smallest absolute Gasteiger partial charge is 0.410 e. The molecule has 98 valence electrons. The summed E-state index contributed by atoms with van der Waals surface area (Å²) in [6.07, 6.45) is -0.391. The molecule has 18 heavy (non-hydrogen) atoms. The number of hydrogen-bond donors (Lipinski definition) is 2. The van der Waals surface area contributed by atoms with Crippen molar-refractivity contribution in [2.75, 3.05) is 5.73 Å². The van der Waals surface area contributed by atoms with E-state index in [1.807, 2.05) is 20.8 Å². The van der Waals surface area contributed by atoms with Crippen LogP contribution >= 0.6 is 0 Å². The summed E-state index contributed by atoms with van der Waals surface area (Å²) in [7, 11) is 0. The molecule has 0 aliphatic carbocycles. The van der Waals surface area contributed by atoms with Gasteiger partial charge in [0.25, 0.3) is 5.56 Å². The Balaban J connectivity index is 2.15. The van der Waals surface area contributed by atoms with Gasteiger partial charge < -0.3 is 15.5 Å². The summed E-state index contributed by atoms with van der Waals surface area (Å²) in [5.74, 6) is 0. The fraction of sp³-hybridized carbons (Fsp3) is 0.500. The maximum Gasteiger partial charge on any atom is 0.410 e. The van der Waals surface area contributed by atoms with Gasteiger partial charge >= 0.3 is 6.09 Å². The molecule has 1 aliphatic heterocycles. The second kappa shape index (κ2) is 4.04. The van der Waals surface area contributed by atoms with E-state index < -0.39 is 11.7 Å². The highest BCUT2D eigenvalue weighted by molar-refractivity contribution is 5.69. The zero-order valence-electron chi connectivity index (χ0n) is 10.7. The molecular weight excluding hydrogens is 234 g/mol. The van der Waals surface area contributed by atoms with Crippen LogP contribution in [0.1, 0.15) is 32.0 Å². The number of nitrogens with zero attached hydrogens (tertiary/aromatic N) is 1. The van der Waals surface area contributed by atoms with Crippen molar-refractivity contribution in [1.82, 2.24) is 9.88 Å². The average molecular weight is 251 g/mol. The molecule has 0 saturated heterocycles. The average Bonchev–Trinajstić information content (AvgIpc) is 2.59. The van der Waals surface area contributed by atoms with Crippen molar-refractivity contribution >= 4 is 11.8 Å². The molecule has 1 aromatic rings. The molecule has 6 heteroatoms. The van der Waals surface area contributed by atoms with Gasteiger partial charge in [0.1, 0.15) is 5.60 Å². The largest absolute Gasteiger partial charge is 0.444 e.